The van der Waals surface area contributed by atoms with Crippen LogP contribution in [-0.2, 0) is 0 Å². The molecule has 1 aliphatic carbocycles. The highest BCUT2D eigenvalue weighted by Gasteiger charge is 2.35. The van der Waals surface area contributed by atoms with Gasteiger partial charge in [0.25, 0.3) is 0 Å². The second-order valence-corrected chi connectivity index (χ2v) is 7.12. The summed E-state index contributed by atoms with van der Waals surface area (Å²) in [7, 11) is 0. The highest BCUT2D eigenvalue weighted by molar-refractivity contribution is 4.92. The van der Waals surface area contributed by atoms with E-state index in [1.807, 2.05) is 0 Å². The molecule has 0 aromatic carbocycles. The van der Waals surface area contributed by atoms with Crippen LogP contribution >= 0.6 is 0 Å². The van der Waals surface area contributed by atoms with Crippen LogP contribution in [0, 0.1) is 11.8 Å². The molecule has 0 amide bonds. The van der Waals surface area contributed by atoms with E-state index in [0.717, 1.165) is 30.0 Å². The van der Waals surface area contributed by atoms with Crippen molar-refractivity contribution in [2.24, 2.45) is 11.8 Å². The second-order valence-electron chi connectivity index (χ2n) is 7.12. The smallest absolute Gasteiger partial charge is 0.0247 e. The van der Waals surface area contributed by atoms with Crippen molar-refractivity contribution in [1.82, 2.24) is 10.2 Å². The van der Waals surface area contributed by atoms with Crippen LogP contribution in [0.2, 0.25) is 0 Å². The van der Waals surface area contributed by atoms with Gasteiger partial charge in [0.1, 0.15) is 0 Å². The molecule has 0 radical (unpaired) electrons. The Morgan fingerprint density at radius 1 is 1.16 bits per heavy atom. The van der Waals surface area contributed by atoms with Crippen molar-refractivity contribution in [1.29, 1.82) is 0 Å². The molecule has 2 fully saturated rings. The van der Waals surface area contributed by atoms with Gasteiger partial charge < -0.3 is 5.32 Å². The summed E-state index contributed by atoms with van der Waals surface area (Å²) < 4.78 is 0. The molecule has 2 nitrogen and oxygen atoms in total. The molecule has 0 aromatic rings. The molecule has 112 valence electrons. The summed E-state index contributed by atoms with van der Waals surface area (Å²) in [5.41, 5.74) is 0. The Hall–Kier alpha value is -0.0800. The maximum absolute atomic E-state index is 3.75. The first-order valence-electron chi connectivity index (χ1n) is 8.64. The maximum Gasteiger partial charge on any atom is 0.0247 e. The molecular formula is C17H34N2. The lowest BCUT2D eigenvalue weighted by molar-refractivity contribution is 0.0276. The Kier molecular flexibility index (Phi) is 5.70. The van der Waals surface area contributed by atoms with Gasteiger partial charge in [-0.25, -0.2) is 0 Å². The van der Waals surface area contributed by atoms with Gasteiger partial charge in [-0.2, -0.15) is 0 Å². The highest BCUT2D eigenvalue weighted by Crippen LogP contribution is 2.32. The maximum atomic E-state index is 3.75. The minimum atomic E-state index is 0.719. The molecule has 0 aromatic heterocycles. The predicted molar refractivity (Wildman–Crippen MR) is 83.5 cm³/mol. The van der Waals surface area contributed by atoms with E-state index in [2.05, 4.69) is 37.9 Å². The first-order valence-corrected chi connectivity index (χ1v) is 8.64. The lowest BCUT2D eigenvalue weighted by Gasteiger charge is -2.48. The van der Waals surface area contributed by atoms with E-state index in [0.29, 0.717) is 0 Å². The number of nitrogens with one attached hydrogen (secondary N) is 1. The summed E-state index contributed by atoms with van der Waals surface area (Å²) in [4.78, 5) is 2.89. The summed E-state index contributed by atoms with van der Waals surface area (Å²) in [6.07, 6.45) is 8.47. The molecule has 0 bridgehead atoms. The third kappa shape index (κ3) is 3.72. The van der Waals surface area contributed by atoms with Gasteiger partial charge in [-0.1, -0.05) is 47.0 Å². The quantitative estimate of drug-likeness (QED) is 0.835. The minimum Gasteiger partial charge on any atom is -0.311 e. The fraction of sp³-hybridized carbons (Fsp3) is 1.00. The van der Waals surface area contributed by atoms with Crippen molar-refractivity contribution in [3.8, 4) is 0 Å². The van der Waals surface area contributed by atoms with Crippen molar-refractivity contribution in [3.63, 3.8) is 0 Å². The SMILES string of the molecule is CCC1CCCC(N2CC(CC)NCC2C(C)C)C1. The van der Waals surface area contributed by atoms with Crippen molar-refractivity contribution < 1.29 is 0 Å². The Labute approximate surface area is 120 Å². The van der Waals surface area contributed by atoms with Crippen molar-refractivity contribution in [2.45, 2.75) is 84.3 Å². The number of hydrogen-bond acceptors (Lipinski definition) is 2. The highest BCUT2D eigenvalue weighted by atomic mass is 15.3. The van der Waals surface area contributed by atoms with Crippen LogP contribution in [0.15, 0.2) is 0 Å². The average Bonchev–Trinajstić information content (AvgIpc) is 2.46. The summed E-state index contributed by atoms with van der Waals surface area (Å²) in [5, 5.41) is 3.75. The van der Waals surface area contributed by atoms with Crippen LogP contribution in [0.4, 0.5) is 0 Å². The summed E-state index contributed by atoms with van der Waals surface area (Å²) in [6, 6.07) is 2.34. The van der Waals surface area contributed by atoms with Crippen molar-refractivity contribution >= 4 is 0 Å². The van der Waals surface area contributed by atoms with E-state index >= 15 is 0 Å². The van der Waals surface area contributed by atoms with E-state index in [9.17, 15) is 0 Å². The van der Waals surface area contributed by atoms with Crippen LogP contribution in [0.1, 0.15) is 66.2 Å². The standard InChI is InChI=1S/C17H34N2/c1-5-14-8-7-9-16(10-14)19-12-15(6-2)18-11-17(19)13(3)4/h13-18H,5-12H2,1-4H3. The van der Waals surface area contributed by atoms with Gasteiger partial charge in [-0.3, -0.25) is 4.90 Å². The van der Waals surface area contributed by atoms with Gasteiger partial charge in [0, 0.05) is 31.2 Å². The number of piperazine rings is 1. The minimum absolute atomic E-state index is 0.719. The number of hydrogen-bond donors (Lipinski definition) is 1. The van der Waals surface area contributed by atoms with Gasteiger partial charge in [-0.05, 0) is 31.1 Å². The largest absolute Gasteiger partial charge is 0.311 e. The first kappa shape index (κ1) is 15.3. The van der Waals surface area contributed by atoms with Crippen LogP contribution in [0.5, 0.6) is 0 Å². The molecule has 4 atom stereocenters. The van der Waals surface area contributed by atoms with Gasteiger partial charge in [0.15, 0.2) is 0 Å². The fourth-order valence-corrected chi connectivity index (χ4v) is 4.11. The van der Waals surface area contributed by atoms with E-state index < -0.39 is 0 Å². The molecule has 2 heteroatoms. The van der Waals surface area contributed by atoms with Gasteiger partial charge in [-0.15, -0.1) is 0 Å². The van der Waals surface area contributed by atoms with Crippen LogP contribution in [0.25, 0.3) is 0 Å². The third-order valence-corrected chi connectivity index (χ3v) is 5.54. The predicted octanol–water partition coefficient (Wildman–Crippen LogP) is 3.66. The topological polar surface area (TPSA) is 15.3 Å². The number of rotatable bonds is 4. The third-order valence-electron chi connectivity index (χ3n) is 5.54. The van der Waals surface area contributed by atoms with Gasteiger partial charge in [0.05, 0.1) is 0 Å². The Morgan fingerprint density at radius 2 is 1.95 bits per heavy atom. The first-order chi connectivity index (χ1) is 9.15. The normalized spacial score (nSPS) is 37.7. The monoisotopic (exact) mass is 266 g/mol. The molecule has 1 heterocycles. The van der Waals surface area contributed by atoms with E-state index in [-0.39, 0.29) is 0 Å². The molecule has 1 aliphatic heterocycles. The van der Waals surface area contributed by atoms with Gasteiger partial charge in [0.2, 0.25) is 0 Å². The molecule has 2 rings (SSSR count). The molecule has 1 saturated carbocycles. The summed E-state index contributed by atoms with van der Waals surface area (Å²) >= 11 is 0. The lowest BCUT2D eigenvalue weighted by atomic mass is 9.81. The molecule has 1 saturated heterocycles. The molecule has 0 spiro atoms. The summed E-state index contributed by atoms with van der Waals surface area (Å²) in [5.74, 6) is 1.76. The molecule has 19 heavy (non-hydrogen) atoms. The Morgan fingerprint density at radius 3 is 2.58 bits per heavy atom. The molecular weight excluding hydrogens is 232 g/mol. The average molecular weight is 266 g/mol. The second kappa shape index (κ2) is 7.08. The van der Waals surface area contributed by atoms with Crippen LogP contribution in [0.3, 0.4) is 0 Å². The van der Waals surface area contributed by atoms with Gasteiger partial charge >= 0.3 is 0 Å². The Bertz CT molecular complexity index is 264. The molecule has 2 aliphatic rings. The zero-order valence-corrected chi connectivity index (χ0v) is 13.5. The zero-order chi connectivity index (χ0) is 13.8. The van der Waals surface area contributed by atoms with Crippen molar-refractivity contribution in [3.05, 3.63) is 0 Å². The molecule has 1 N–H and O–H groups in total. The van der Waals surface area contributed by atoms with E-state index in [1.165, 1.54) is 51.6 Å². The molecule has 4 unspecified atom stereocenters. The lowest BCUT2D eigenvalue weighted by Crippen LogP contribution is -2.61. The van der Waals surface area contributed by atoms with E-state index in [1.54, 1.807) is 0 Å². The fourth-order valence-electron chi connectivity index (χ4n) is 4.11. The summed E-state index contributed by atoms with van der Waals surface area (Å²) in [6.45, 7) is 12.0. The Balaban J connectivity index is 2.03. The number of nitrogens with zero attached hydrogens (tertiary/aromatic N) is 1. The van der Waals surface area contributed by atoms with Crippen LogP contribution < -0.4 is 5.32 Å². The van der Waals surface area contributed by atoms with Crippen molar-refractivity contribution in [2.75, 3.05) is 13.1 Å². The zero-order valence-electron chi connectivity index (χ0n) is 13.5. The van der Waals surface area contributed by atoms with Crippen LogP contribution in [-0.4, -0.2) is 36.1 Å². The van der Waals surface area contributed by atoms with E-state index in [4.69, 9.17) is 0 Å².